The Morgan fingerprint density at radius 3 is 2.19 bits per heavy atom. The third-order valence-corrected chi connectivity index (χ3v) is 10.6. The maximum atomic E-state index is 12.4. The van der Waals surface area contributed by atoms with Crippen LogP contribution in [0.4, 0.5) is 0 Å². The molecule has 48 heavy (non-hydrogen) atoms. The Balaban J connectivity index is 0.000000188. The Morgan fingerprint density at radius 1 is 0.917 bits per heavy atom. The van der Waals surface area contributed by atoms with Gasteiger partial charge in [-0.2, -0.15) is 0 Å². The molecule has 0 spiro atoms. The number of carbonyl (C=O) groups excluding carboxylic acids is 3. The van der Waals surface area contributed by atoms with Gasteiger partial charge in [0.1, 0.15) is 17.6 Å². The first-order valence-corrected chi connectivity index (χ1v) is 17.3. The topological polar surface area (TPSA) is 99.1 Å². The summed E-state index contributed by atoms with van der Waals surface area (Å²) in [4.78, 5) is 35.9. The van der Waals surface area contributed by atoms with Gasteiger partial charge < -0.3 is 19.3 Å². The number of halogens is 1. The molecule has 0 bridgehead atoms. The number of fused-ring (bicyclic) bond motifs is 5. The Hall–Kier alpha value is -3.84. The molecule has 3 aromatic carbocycles. The van der Waals surface area contributed by atoms with E-state index in [1.54, 1.807) is 76.2 Å². The molecule has 256 valence electrons. The lowest BCUT2D eigenvalue weighted by molar-refractivity contribution is -0.163. The SMILES string of the molecule is CC(=O)OC1CCC2C3CCc4cc(O)ccc4C3CCC12C.CC(C)OC(=O)C(C)(C)Oc1ccc(C(=O)c2ccc(Cl)cc2)cc1. The quantitative estimate of drug-likeness (QED) is 0.197. The molecular weight excluding hydrogens is 628 g/mol. The zero-order chi connectivity index (χ0) is 34.8. The second-order valence-corrected chi connectivity index (χ2v) is 14.9. The van der Waals surface area contributed by atoms with E-state index in [0.717, 1.165) is 19.3 Å². The predicted molar refractivity (Wildman–Crippen MR) is 186 cm³/mol. The lowest BCUT2D eigenvalue weighted by Gasteiger charge is -2.50. The van der Waals surface area contributed by atoms with E-state index in [-0.39, 0.29) is 29.4 Å². The van der Waals surface area contributed by atoms with Crippen molar-refractivity contribution in [3.63, 3.8) is 0 Å². The molecule has 7 nitrogen and oxygen atoms in total. The van der Waals surface area contributed by atoms with Gasteiger partial charge in [-0.15, -0.1) is 0 Å². The largest absolute Gasteiger partial charge is 0.508 e. The molecule has 8 heteroatoms. The standard InChI is InChI=1S/C20H21ClO4.C20H26O3/c1-13(2)24-19(23)20(3,4)25-17-11-7-15(8-12-17)18(22)14-5-9-16(21)10-6-14;1-12(21)23-19-8-7-18-17-5-3-13-11-14(22)4-6-15(13)16(17)9-10-20(18,19)2/h5-13H,1-4H3;4,6,11,16-19,22H,3,5,7-10H2,1-2H3. The van der Waals surface area contributed by atoms with E-state index in [4.69, 9.17) is 25.8 Å². The third kappa shape index (κ3) is 7.72. The van der Waals surface area contributed by atoms with Gasteiger partial charge in [0.25, 0.3) is 0 Å². The fourth-order valence-corrected chi connectivity index (χ4v) is 8.18. The van der Waals surface area contributed by atoms with Crippen molar-refractivity contribution < 1.29 is 33.7 Å². The number of hydrogen-bond acceptors (Lipinski definition) is 7. The Morgan fingerprint density at radius 2 is 1.56 bits per heavy atom. The van der Waals surface area contributed by atoms with Crippen molar-refractivity contribution >= 4 is 29.3 Å². The van der Waals surface area contributed by atoms with Crippen LogP contribution in [-0.4, -0.2) is 40.6 Å². The van der Waals surface area contributed by atoms with Gasteiger partial charge >= 0.3 is 11.9 Å². The number of ketones is 1. The van der Waals surface area contributed by atoms with Crippen LogP contribution in [0, 0.1) is 17.3 Å². The van der Waals surface area contributed by atoms with Gasteiger partial charge in [-0.1, -0.05) is 24.6 Å². The first-order chi connectivity index (χ1) is 22.7. The molecular formula is C40H47ClO7. The fraction of sp³-hybridized carbons (Fsp3) is 0.475. The summed E-state index contributed by atoms with van der Waals surface area (Å²) in [7, 11) is 0. The van der Waals surface area contributed by atoms with E-state index >= 15 is 0 Å². The van der Waals surface area contributed by atoms with E-state index in [9.17, 15) is 19.5 Å². The molecule has 0 heterocycles. The number of aromatic hydroxyl groups is 1. The van der Waals surface area contributed by atoms with Gasteiger partial charge in [-0.25, -0.2) is 4.79 Å². The van der Waals surface area contributed by atoms with Crippen LogP contribution in [-0.2, 0) is 25.5 Å². The second-order valence-electron chi connectivity index (χ2n) is 14.4. The van der Waals surface area contributed by atoms with E-state index in [2.05, 4.69) is 13.0 Å². The Bertz CT molecular complexity index is 1630. The Labute approximate surface area is 288 Å². The maximum Gasteiger partial charge on any atom is 0.350 e. The summed E-state index contributed by atoms with van der Waals surface area (Å²) in [5.41, 5.74) is 2.91. The van der Waals surface area contributed by atoms with Crippen molar-refractivity contribution in [2.24, 2.45) is 17.3 Å². The number of phenols is 1. The van der Waals surface area contributed by atoms with Crippen molar-refractivity contribution in [3.05, 3.63) is 94.0 Å². The van der Waals surface area contributed by atoms with Gasteiger partial charge in [-0.3, -0.25) is 9.59 Å². The summed E-state index contributed by atoms with van der Waals surface area (Å²) in [6, 6.07) is 19.3. The molecule has 1 N–H and O–H groups in total. The number of rotatable bonds is 7. The van der Waals surface area contributed by atoms with Gasteiger partial charge in [0.15, 0.2) is 11.4 Å². The first kappa shape index (κ1) is 35.5. The van der Waals surface area contributed by atoms with Crippen LogP contribution < -0.4 is 4.74 Å². The molecule has 2 fully saturated rings. The average molecular weight is 675 g/mol. The van der Waals surface area contributed by atoms with Gasteiger partial charge in [0.2, 0.25) is 0 Å². The molecule has 3 aliphatic carbocycles. The Kier molecular flexibility index (Phi) is 10.6. The molecule has 5 unspecified atom stereocenters. The molecule has 0 aromatic heterocycles. The van der Waals surface area contributed by atoms with Crippen LogP contribution in [0.15, 0.2) is 66.7 Å². The minimum Gasteiger partial charge on any atom is -0.508 e. The maximum absolute atomic E-state index is 12.4. The summed E-state index contributed by atoms with van der Waals surface area (Å²) < 4.78 is 16.6. The summed E-state index contributed by atoms with van der Waals surface area (Å²) in [6.45, 7) is 10.7. The molecule has 0 amide bonds. The average Bonchev–Trinajstić information content (AvgIpc) is 3.36. The van der Waals surface area contributed by atoms with Gasteiger partial charge in [0.05, 0.1) is 6.10 Å². The molecule has 3 aliphatic rings. The number of esters is 2. The fourth-order valence-electron chi connectivity index (χ4n) is 8.05. The van der Waals surface area contributed by atoms with E-state index < -0.39 is 11.6 Å². The number of aryl methyl sites for hydroxylation is 1. The number of carbonyl (C=O) groups is 3. The van der Waals surface area contributed by atoms with Crippen LogP contribution in [0.5, 0.6) is 11.5 Å². The summed E-state index contributed by atoms with van der Waals surface area (Å²) in [5, 5.41) is 10.3. The van der Waals surface area contributed by atoms with Gasteiger partial charge in [-0.05, 0) is 156 Å². The summed E-state index contributed by atoms with van der Waals surface area (Å²) in [5.74, 6) is 2.17. The highest BCUT2D eigenvalue weighted by Crippen LogP contribution is 2.61. The van der Waals surface area contributed by atoms with Crippen LogP contribution in [0.25, 0.3) is 0 Å². The number of benzene rings is 3. The van der Waals surface area contributed by atoms with Crippen molar-refractivity contribution in [1.29, 1.82) is 0 Å². The second kappa shape index (κ2) is 14.3. The molecule has 2 saturated carbocycles. The number of ether oxygens (including phenoxy) is 3. The van der Waals surface area contributed by atoms with E-state index in [1.807, 2.05) is 12.1 Å². The van der Waals surface area contributed by atoms with Crippen molar-refractivity contribution in [2.45, 2.75) is 104 Å². The number of phenolic OH excluding ortho intramolecular Hbond substituents is 1. The van der Waals surface area contributed by atoms with Crippen LogP contribution in [0.3, 0.4) is 0 Å². The number of hydrogen-bond donors (Lipinski definition) is 1. The normalized spacial score (nSPS) is 24.2. The lowest BCUT2D eigenvalue weighted by atomic mass is 9.55. The summed E-state index contributed by atoms with van der Waals surface area (Å²) in [6.07, 6.45) is 6.67. The monoisotopic (exact) mass is 674 g/mol. The highest BCUT2D eigenvalue weighted by atomic mass is 35.5. The van der Waals surface area contributed by atoms with Gasteiger partial charge in [0, 0.05) is 28.5 Å². The third-order valence-electron chi connectivity index (χ3n) is 10.4. The predicted octanol–water partition coefficient (Wildman–Crippen LogP) is 8.86. The van der Waals surface area contributed by atoms with E-state index in [1.165, 1.54) is 37.3 Å². The zero-order valence-electron chi connectivity index (χ0n) is 28.8. The molecule has 0 radical (unpaired) electrons. The highest BCUT2D eigenvalue weighted by Gasteiger charge is 2.56. The van der Waals surface area contributed by atoms with Crippen molar-refractivity contribution in [2.75, 3.05) is 0 Å². The minimum atomic E-state index is -1.12. The van der Waals surface area contributed by atoms with Crippen LogP contribution >= 0.6 is 11.6 Å². The van der Waals surface area contributed by atoms with Crippen molar-refractivity contribution in [1.82, 2.24) is 0 Å². The first-order valence-electron chi connectivity index (χ1n) is 17.0. The lowest BCUT2D eigenvalue weighted by Crippen LogP contribution is -2.45. The molecule has 6 rings (SSSR count). The van der Waals surface area contributed by atoms with Crippen LogP contribution in [0.2, 0.25) is 5.02 Å². The highest BCUT2D eigenvalue weighted by molar-refractivity contribution is 6.30. The summed E-state index contributed by atoms with van der Waals surface area (Å²) >= 11 is 5.84. The zero-order valence-corrected chi connectivity index (χ0v) is 29.5. The smallest absolute Gasteiger partial charge is 0.350 e. The van der Waals surface area contributed by atoms with Crippen LogP contribution in [0.1, 0.15) is 107 Å². The molecule has 0 saturated heterocycles. The van der Waals surface area contributed by atoms with E-state index in [0.29, 0.717) is 45.4 Å². The molecule has 3 aromatic rings. The molecule has 5 atom stereocenters. The minimum absolute atomic E-state index is 0.104. The van der Waals surface area contributed by atoms with Crippen molar-refractivity contribution in [3.8, 4) is 11.5 Å². The molecule has 0 aliphatic heterocycles.